The van der Waals surface area contributed by atoms with Gasteiger partial charge in [-0.05, 0) is 42.2 Å². The smallest absolute Gasteiger partial charge is 0.255 e. The van der Waals surface area contributed by atoms with Crippen molar-refractivity contribution in [3.05, 3.63) is 89.5 Å². The maximum absolute atomic E-state index is 13.6. The van der Waals surface area contributed by atoms with Gasteiger partial charge in [-0.1, -0.05) is 62.4 Å². The van der Waals surface area contributed by atoms with E-state index in [-0.39, 0.29) is 18.4 Å². The van der Waals surface area contributed by atoms with Gasteiger partial charge in [-0.2, -0.15) is 0 Å². The molecule has 1 aromatic heterocycles. The number of nitrogens with zero attached hydrogens (tertiary/aromatic N) is 1. The molecule has 3 aromatic carbocycles. The van der Waals surface area contributed by atoms with Crippen molar-refractivity contribution in [1.29, 1.82) is 0 Å². The third kappa shape index (κ3) is 4.35. The summed E-state index contributed by atoms with van der Waals surface area (Å²) in [5, 5.41) is 4.02. The molecule has 6 nitrogen and oxygen atoms in total. The first kappa shape index (κ1) is 23.7. The van der Waals surface area contributed by atoms with Gasteiger partial charge in [0.15, 0.2) is 0 Å². The van der Waals surface area contributed by atoms with Crippen molar-refractivity contribution in [2.75, 3.05) is 20.2 Å². The third-order valence-corrected chi connectivity index (χ3v) is 6.79. The molecule has 36 heavy (non-hydrogen) atoms. The standard InChI is InChI=1S/C30H31N3O3/c1-19(2)15-16-31-26(34)18-33-29(22-11-4-5-12-23(22)30(33)35)27-24-13-6-7-14-25(24)32-28(27)20-9-8-10-21(17-20)36-3/h4-14,17,19,29,32H,15-16,18H2,1-3H3,(H,31,34)/t29-/m1/s1. The fourth-order valence-electron chi connectivity index (χ4n) is 5.01. The third-order valence-electron chi connectivity index (χ3n) is 6.79. The van der Waals surface area contributed by atoms with E-state index in [4.69, 9.17) is 4.74 Å². The molecule has 2 amide bonds. The largest absolute Gasteiger partial charge is 0.497 e. The van der Waals surface area contributed by atoms with Crippen LogP contribution in [-0.2, 0) is 4.79 Å². The highest BCUT2D eigenvalue weighted by Gasteiger charge is 2.40. The molecule has 0 aliphatic carbocycles. The Kier molecular flexibility index (Phi) is 6.51. The molecule has 0 radical (unpaired) electrons. The first-order valence-electron chi connectivity index (χ1n) is 12.4. The molecule has 1 atom stereocenters. The number of carbonyl (C=O) groups excluding carboxylic acids is 2. The minimum atomic E-state index is -0.401. The van der Waals surface area contributed by atoms with E-state index < -0.39 is 6.04 Å². The Morgan fingerprint density at radius 3 is 2.64 bits per heavy atom. The second kappa shape index (κ2) is 9.90. The average molecular weight is 482 g/mol. The summed E-state index contributed by atoms with van der Waals surface area (Å²) in [5.41, 5.74) is 5.37. The quantitative estimate of drug-likeness (QED) is 0.346. The number of ether oxygens (including phenoxy) is 1. The zero-order valence-corrected chi connectivity index (χ0v) is 20.9. The number of carbonyl (C=O) groups is 2. The lowest BCUT2D eigenvalue weighted by molar-refractivity contribution is -0.122. The molecule has 0 saturated carbocycles. The Hall–Kier alpha value is -4.06. The summed E-state index contributed by atoms with van der Waals surface area (Å²) in [7, 11) is 1.65. The highest BCUT2D eigenvalue weighted by molar-refractivity contribution is 6.03. The van der Waals surface area contributed by atoms with Crippen LogP contribution in [0.4, 0.5) is 0 Å². The fraction of sp³-hybridized carbons (Fsp3) is 0.267. The van der Waals surface area contributed by atoms with Gasteiger partial charge in [0.2, 0.25) is 5.91 Å². The first-order valence-corrected chi connectivity index (χ1v) is 12.4. The molecule has 0 bridgehead atoms. The van der Waals surface area contributed by atoms with E-state index >= 15 is 0 Å². The molecule has 0 fully saturated rings. The number of rotatable bonds is 8. The van der Waals surface area contributed by atoms with Gasteiger partial charge in [-0.25, -0.2) is 0 Å². The van der Waals surface area contributed by atoms with Gasteiger partial charge in [0.25, 0.3) is 5.91 Å². The summed E-state index contributed by atoms with van der Waals surface area (Å²) in [4.78, 5) is 31.9. The lowest BCUT2D eigenvalue weighted by Crippen LogP contribution is -2.40. The molecule has 0 unspecified atom stereocenters. The Balaban J connectivity index is 1.63. The maximum atomic E-state index is 13.6. The van der Waals surface area contributed by atoms with E-state index in [9.17, 15) is 9.59 Å². The zero-order valence-electron chi connectivity index (χ0n) is 20.9. The molecule has 1 aliphatic heterocycles. The molecule has 2 heterocycles. The SMILES string of the molecule is COc1cccc(-c2[nH]c3ccccc3c2[C@H]2c3ccccc3C(=O)N2CC(=O)NCCC(C)C)c1. The van der Waals surface area contributed by atoms with Crippen molar-refractivity contribution in [2.24, 2.45) is 5.92 Å². The van der Waals surface area contributed by atoms with Crippen LogP contribution in [0.15, 0.2) is 72.8 Å². The number of aromatic amines is 1. The molecular weight excluding hydrogens is 450 g/mol. The lowest BCUT2D eigenvalue weighted by Gasteiger charge is -2.26. The van der Waals surface area contributed by atoms with Crippen LogP contribution in [0.2, 0.25) is 0 Å². The molecule has 0 saturated heterocycles. The molecule has 0 spiro atoms. The molecule has 184 valence electrons. The van der Waals surface area contributed by atoms with E-state index in [1.54, 1.807) is 12.0 Å². The van der Waals surface area contributed by atoms with Crippen molar-refractivity contribution in [3.8, 4) is 17.0 Å². The molecule has 6 heteroatoms. The van der Waals surface area contributed by atoms with Crippen LogP contribution >= 0.6 is 0 Å². The van der Waals surface area contributed by atoms with Gasteiger partial charge >= 0.3 is 0 Å². The number of nitrogens with one attached hydrogen (secondary N) is 2. The Morgan fingerprint density at radius 1 is 1.06 bits per heavy atom. The number of fused-ring (bicyclic) bond motifs is 2. The molecule has 5 rings (SSSR count). The highest BCUT2D eigenvalue weighted by Crippen LogP contribution is 2.45. The fourth-order valence-corrected chi connectivity index (χ4v) is 5.01. The second-order valence-corrected chi connectivity index (χ2v) is 9.65. The monoisotopic (exact) mass is 481 g/mol. The van der Waals surface area contributed by atoms with Gasteiger partial charge in [-0.3, -0.25) is 9.59 Å². The number of aromatic nitrogens is 1. The van der Waals surface area contributed by atoms with Gasteiger partial charge in [0.05, 0.1) is 18.8 Å². The molecular formula is C30H31N3O3. The summed E-state index contributed by atoms with van der Waals surface area (Å²) in [6.07, 6.45) is 0.895. The van der Waals surface area contributed by atoms with E-state index in [1.807, 2.05) is 66.7 Å². The van der Waals surface area contributed by atoms with Gasteiger partial charge in [0, 0.05) is 34.1 Å². The van der Waals surface area contributed by atoms with E-state index in [0.29, 0.717) is 18.0 Å². The van der Waals surface area contributed by atoms with Crippen molar-refractivity contribution in [3.63, 3.8) is 0 Å². The normalized spacial score (nSPS) is 14.9. The predicted molar refractivity (Wildman–Crippen MR) is 142 cm³/mol. The minimum Gasteiger partial charge on any atom is -0.497 e. The van der Waals surface area contributed by atoms with Crippen molar-refractivity contribution in [1.82, 2.24) is 15.2 Å². The minimum absolute atomic E-state index is 0.00661. The summed E-state index contributed by atoms with van der Waals surface area (Å²) < 4.78 is 5.49. The number of para-hydroxylation sites is 1. The average Bonchev–Trinajstić information content (AvgIpc) is 3.39. The van der Waals surface area contributed by atoms with Crippen molar-refractivity contribution < 1.29 is 14.3 Å². The molecule has 2 N–H and O–H groups in total. The number of hydrogen-bond acceptors (Lipinski definition) is 3. The Labute approximate surface area is 211 Å². The summed E-state index contributed by atoms with van der Waals surface area (Å²) in [6, 6.07) is 23.2. The van der Waals surface area contributed by atoms with Crippen LogP contribution in [0, 0.1) is 5.92 Å². The Bertz CT molecular complexity index is 1420. The zero-order chi connectivity index (χ0) is 25.2. The number of hydrogen-bond donors (Lipinski definition) is 2. The van der Waals surface area contributed by atoms with E-state index in [2.05, 4.69) is 30.2 Å². The summed E-state index contributed by atoms with van der Waals surface area (Å²) >= 11 is 0. The van der Waals surface area contributed by atoms with E-state index in [1.165, 1.54) is 0 Å². The number of H-pyrrole nitrogens is 1. The van der Waals surface area contributed by atoms with Crippen molar-refractivity contribution in [2.45, 2.75) is 26.3 Å². The number of amides is 2. The predicted octanol–water partition coefficient (Wildman–Crippen LogP) is 5.55. The van der Waals surface area contributed by atoms with Crippen LogP contribution in [0.3, 0.4) is 0 Å². The van der Waals surface area contributed by atoms with Crippen LogP contribution in [0.1, 0.15) is 47.8 Å². The maximum Gasteiger partial charge on any atom is 0.255 e. The van der Waals surface area contributed by atoms with Crippen molar-refractivity contribution >= 4 is 22.7 Å². The Morgan fingerprint density at radius 2 is 1.83 bits per heavy atom. The number of methoxy groups -OCH3 is 1. The van der Waals surface area contributed by atoms with Crippen LogP contribution in [-0.4, -0.2) is 41.9 Å². The van der Waals surface area contributed by atoms with E-state index in [0.717, 1.165) is 45.5 Å². The van der Waals surface area contributed by atoms with Gasteiger partial charge < -0.3 is 19.9 Å². The summed E-state index contributed by atoms with van der Waals surface area (Å²) in [6.45, 7) is 4.84. The highest BCUT2D eigenvalue weighted by atomic mass is 16.5. The second-order valence-electron chi connectivity index (χ2n) is 9.65. The number of benzene rings is 3. The van der Waals surface area contributed by atoms with Gasteiger partial charge in [-0.15, -0.1) is 0 Å². The van der Waals surface area contributed by atoms with Gasteiger partial charge in [0.1, 0.15) is 12.3 Å². The topological polar surface area (TPSA) is 74.4 Å². The van der Waals surface area contributed by atoms with Crippen LogP contribution in [0.5, 0.6) is 5.75 Å². The summed E-state index contributed by atoms with van der Waals surface area (Å²) in [5.74, 6) is 0.967. The van der Waals surface area contributed by atoms with Crippen LogP contribution in [0.25, 0.3) is 22.2 Å². The lowest BCUT2D eigenvalue weighted by atomic mass is 9.93. The molecule has 1 aliphatic rings. The van der Waals surface area contributed by atoms with Crippen LogP contribution < -0.4 is 10.1 Å². The first-order chi connectivity index (χ1) is 17.5. The molecule has 4 aromatic rings.